The molecule has 0 fully saturated rings. The Morgan fingerprint density at radius 3 is 2.95 bits per heavy atom. The van der Waals surface area contributed by atoms with Crippen LogP contribution >= 0.6 is 11.6 Å². The van der Waals surface area contributed by atoms with E-state index in [1.807, 2.05) is 13.8 Å². The van der Waals surface area contributed by atoms with Crippen molar-refractivity contribution in [2.45, 2.75) is 45.6 Å². The molecule has 19 heavy (non-hydrogen) atoms. The maximum absolute atomic E-state index is 12.0. The minimum atomic E-state index is -0.234. The first-order valence-corrected chi connectivity index (χ1v) is 7.16. The highest BCUT2D eigenvalue weighted by Crippen LogP contribution is 2.21. The number of rotatable bonds is 5. The predicted octanol–water partition coefficient (Wildman–Crippen LogP) is 3.39. The second kappa shape index (κ2) is 6.24. The third-order valence-electron chi connectivity index (χ3n) is 3.33. The van der Waals surface area contributed by atoms with Crippen molar-refractivity contribution >= 4 is 17.3 Å². The van der Waals surface area contributed by atoms with Crippen LogP contribution in [0.5, 0.6) is 0 Å². The molecule has 104 valence electrons. The molecule has 0 saturated carbocycles. The molecule has 5 heteroatoms. The van der Waals surface area contributed by atoms with E-state index in [0.717, 1.165) is 13.0 Å². The van der Waals surface area contributed by atoms with Gasteiger partial charge in [0.05, 0.1) is 17.9 Å². The van der Waals surface area contributed by atoms with Gasteiger partial charge in [-0.05, 0) is 39.5 Å². The summed E-state index contributed by atoms with van der Waals surface area (Å²) in [4.78, 5) is 12.0. The first kappa shape index (κ1) is 14.1. The van der Waals surface area contributed by atoms with E-state index < -0.39 is 0 Å². The molecule has 1 aliphatic rings. The summed E-state index contributed by atoms with van der Waals surface area (Å²) in [5, 5.41) is 7.56. The molecule has 0 atom stereocenters. The van der Waals surface area contributed by atoms with Gasteiger partial charge in [0.15, 0.2) is 0 Å². The Balaban J connectivity index is 2.01. The van der Waals surface area contributed by atoms with Crippen LogP contribution in [0.15, 0.2) is 22.6 Å². The van der Waals surface area contributed by atoms with Gasteiger partial charge in [0.1, 0.15) is 5.02 Å². The van der Waals surface area contributed by atoms with E-state index >= 15 is 0 Å². The van der Waals surface area contributed by atoms with Crippen LogP contribution in [-0.4, -0.2) is 16.3 Å². The maximum Gasteiger partial charge on any atom is 0.287 e. The van der Waals surface area contributed by atoms with E-state index in [1.54, 1.807) is 6.20 Å². The molecule has 4 nitrogen and oxygen atoms in total. The monoisotopic (exact) mass is 281 g/mol. The van der Waals surface area contributed by atoms with Crippen molar-refractivity contribution < 1.29 is 0 Å². The number of nitrogens with zero attached hydrogens (tertiary/aromatic N) is 2. The Morgan fingerprint density at radius 1 is 1.53 bits per heavy atom. The predicted molar refractivity (Wildman–Crippen MR) is 78.9 cm³/mol. The lowest BCUT2D eigenvalue weighted by Crippen LogP contribution is -2.25. The molecule has 0 unspecified atom stereocenters. The first-order valence-electron chi connectivity index (χ1n) is 6.78. The Kier molecular flexibility index (Phi) is 4.64. The molecule has 0 bridgehead atoms. The number of hydrogen-bond acceptors (Lipinski definition) is 3. The minimum absolute atomic E-state index is 0.0164. The zero-order valence-corrected chi connectivity index (χ0v) is 12.2. The molecule has 0 spiro atoms. The Labute approximate surface area is 118 Å². The van der Waals surface area contributed by atoms with E-state index in [9.17, 15) is 4.79 Å². The Hall–Kier alpha value is -1.29. The average molecular weight is 282 g/mol. The van der Waals surface area contributed by atoms with E-state index in [2.05, 4.69) is 16.5 Å². The van der Waals surface area contributed by atoms with Crippen LogP contribution in [0.25, 0.3) is 0 Å². The molecule has 1 aromatic rings. The fourth-order valence-electron chi connectivity index (χ4n) is 2.26. The SMILES string of the molecule is CC(C)n1ncc(NCCC2=CCCC2)c(Cl)c1=O. The van der Waals surface area contributed by atoms with Crippen molar-refractivity contribution in [1.82, 2.24) is 9.78 Å². The molecule has 0 amide bonds. The van der Waals surface area contributed by atoms with Crippen molar-refractivity contribution in [2.24, 2.45) is 0 Å². The summed E-state index contributed by atoms with van der Waals surface area (Å²) in [6.07, 6.45) is 8.60. The van der Waals surface area contributed by atoms with Crippen molar-refractivity contribution in [3.05, 3.63) is 33.2 Å². The van der Waals surface area contributed by atoms with Crippen LogP contribution in [0.2, 0.25) is 5.02 Å². The summed E-state index contributed by atoms with van der Waals surface area (Å²) >= 11 is 6.09. The topological polar surface area (TPSA) is 46.9 Å². The Morgan fingerprint density at radius 2 is 2.32 bits per heavy atom. The lowest BCUT2D eigenvalue weighted by atomic mass is 10.2. The van der Waals surface area contributed by atoms with E-state index in [0.29, 0.717) is 5.69 Å². The molecule has 2 rings (SSSR count). The standard InChI is InChI=1S/C14H20ClN3O/c1-10(2)18-14(19)13(15)12(9-17-18)16-8-7-11-5-3-4-6-11/h5,9-10,16H,3-4,6-8H2,1-2H3. The number of nitrogens with one attached hydrogen (secondary N) is 1. The molecule has 1 N–H and O–H groups in total. The van der Waals surface area contributed by atoms with Gasteiger partial charge < -0.3 is 5.32 Å². The van der Waals surface area contributed by atoms with Crippen LogP contribution in [0.4, 0.5) is 5.69 Å². The zero-order chi connectivity index (χ0) is 13.8. The quantitative estimate of drug-likeness (QED) is 0.842. The first-order chi connectivity index (χ1) is 9.09. The van der Waals surface area contributed by atoms with Crippen LogP contribution in [-0.2, 0) is 0 Å². The van der Waals surface area contributed by atoms with Gasteiger partial charge in [-0.3, -0.25) is 4.79 Å². The van der Waals surface area contributed by atoms with Crippen molar-refractivity contribution in [3.63, 3.8) is 0 Å². The van der Waals surface area contributed by atoms with Crippen LogP contribution in [0.1, 0.15) is 45.6 Å². The highest BCUT2D eigenvalue weighted by molar-refractivity contribution is 6.32. The molecule has 0 aliphatic heterocycles. The zero-order valence-electron chi connectivity index (χ0n) is 11.4. The minimum Gasteiger partial charge on any atom is -0.382 e. The molecule has 1 aliphatic carbocycles. The number of halogens is 1. The number of allylic oxidation sites excluding steroid dienone is 1. The second-order valence-corrected chi connectivity index (χ2v) is 5.53. The van der Waals surface area contributed by atoms with Gasteiger partial charge >= 0.3 is 0 Å². The summed E-state index contributed by atoms with van der Waals surface area (Å²) < 4.78 is 1.40. The molecule has 1 heterocycles. The summed E-state index contributed by atoms with van der Waals surface area (Å²) in [5.41, 5.74) is 1.89. The molecule has 0 radical (unpaired) electrons. The van der Waals surface area contributed by atoms with Crippen molar-refractivity contribution in [2.75, 3.05) is 11.9 Å². The second-order valence-electron chi connectivity index (χ2n) is 5.15. The summed E-state index contributed by atoms with van der Waals surface area (Å²) in [7, 11) is 0. The number of anilines is 1. The van der Waals surface area contributed by atoms with E-state index in [-0.39, 0.29) is 16.6 Å². The molecule has 0 aromatic carbocycles. The summed E-state index contributed by atoms with van der Waals surface area (Å²) in [6.45, 7) is 4.60. The van der Waals surface area contributed by atoms with Crippen molar-refractivity contribution in [3.8, 4) is 0 Å². The van der Waals surface area contributed by atoms with Gasteiger partial charge in [0, 0.05) is 6.54 Å². The summed E-state index contributed by atoms with van der Waals surface area (Å²) in [6, 6.07) is 0.0164. The molecule has 0 saturated heterocycles. The van der Waals surface area contributed by atoms with Gasteiger partial charge in [0.2, 0.25) is 0 Å². The summed E-state index contributed by atoms with van der Waals surface area (Å²) in [5.74, 6) is 0. The van der Waals surface area contributed by atoms with Crippen LogP contribution in [0.3, 0.4) is 0 Å². The third-order valence-corrected chi connectivity index (χ3v) is 3.69. The van der Waals surface area contributed by atoms with E-state index in [1.165, 1.54) is 29.5 Å². The van der Waals surface area contributed by atoms with Gasteiger partial charge in [-0.2, -0.15) is 5.10 Å². The fourth-order valence-corrected chi connectivity index (χ4v) is 2.46. The lowest BCUT2D eigenvalue weighted by molar-refractivity contribution is 0.503. The fraction of sp³-hybridized carbons (Fsp3) is 0.571. The van der Waals surface area contributed by atoms with Crippen LogP contribution in [0, 0.1) is 0 Å². The van der Waals surface area contributed by atoms with Crippen LogP contribution < -0.4 is 10.9 Å². The smallest absolute Gasteiger partial charge is 0.287 e. The van der Waals surface area contributed by atoms with E-state index in [4.69, 9.17) is 11.6 Å². The van der Waals surface area contributed by atoms with Gasteiger partial charge in [-0.25, -0.2) is 4.68 Å². The highest BCUT2D eigenvalue weighted by Gasteiger charge is 2.11. The normalized spacial score (nSPS) is 14.8. The number of aromatic nitrogens is 2. The lowest BCUT2D eigenvalue weighted by Gasteiger charge is -2.12. The average Bonchev–Trinajstić information content (AvgIpc) is 2.87. The molecular formula is C14H20ClN3O. The van der Waals surface area contributed by atoms with Gasteiger partial charge in [0.25, 0.3) is 5.56 Å². The molecular weight excluding hydrogens is 262 g/mol. The maximum atomic E-state index is 12.0. The number of hydrogen-bond donors (Lipinski definition) is 1. The third kappa shape index (κ3) is 3.38. The van der Waals surface area contributed by atoms with Crippen molar-refractivity contribution in [1.29, 1.82) is 0 Å². The van der Waals surface area contributed by atoms with Gasteiger partial charge in [-0.1, -0.05) is 23.3 Å². The largest absolute Gasteiger partial charge is 0.382 e. The highest BCUT2D eigenvalue weighted by atomic mass is 35.5. The van der Waals surface area contributed by atoms with Gasteiger partial charge in [-0.15, -0.1) is 0 Å². The Bertz CT molecular complexity index is 534. The molecule has 1 aromatic heterocycles.